The Bertz CT molecular complexity index is 1470. The number of aromatic amines is 1. The van der Waals surface area contributed by atoms with Gasteiger partial charge in [-0.2, -0.15) is 0 Å². The fraction of sp³-hybridized carbons (Fsp3) is 0.310. The van der Waals surface area contributed by atoms with Crippen LogP contribution in [0.4, 0.5) is 14.7 Å². The van der Waals surface area contributed by atoms with Crippen LogP contribution in [-0.2, 0) is 20.8 Å². The molecule has 3 heterocycles. The van der Waals surface area contributed by atoms with Gasteiger partial charge in [-0.3, -0.25) is 4.79 Å². The van der Waals surface area contributed by atoms with Crippen LogP contribution >= 0.6 is 0 Å². The number of rotatable bonds is 8. The fourth-order valence-electron chi connectivity index (χ4n) is 4.21. The fourth-order valence-corrected chi connectivity index (χ4v) is 4.21. The molecule has 2 aromatic heterocycles. The van der Waals surface area contributed by atoms with Crippen LogP contribution in [0.15, 0.2) is 60.8 Å². The minimum absolute atomic E-state index is 0.00381. The number of aromatic nitrogens is 4. The van der Waals surface area contributed by atoms with Gasteiger partial charge in [-0.15, -0.1) is 0 Å². The summed E-state index contributed by atoms with van der Waals surface area (Å²) in [5.41, 5.74) is 2.31. The van der Waals surface area contributed by atoms with Gasteiger partial charge in [-0.05, 0) is 68.8 Å². The topological polar surface area (TPSA) is 114 Å². The lowest BCUT2D eigenvalue weighted by Gasteiger charge is -2.35. The monoisotopic (exact) mass is 548 g/mol. The first-order valence-corrected chi connectivity index (χ1v) is 12.9. The summed E-state index contributed by atoms with van der Waals surface area (Å²) in [6.07, 6.45) is 0.766. The summed E-state index contributed by atoms with van der Waals surface area (Å²) < 4.78 is 38.8. The Labute approximate surface area is 230 Å². The van der Waals surface area contributed by atoms with Crippen LogP contribution in [0.1, 0.15) is 38.4 Å². The number of imidazole rings is 1. The molecular weight excluding hydrogens is 518 g/mol. The van der Waals surface area contributed by atoms with Crippen molar-refractivity contribution in [2.24, 2.45) is 5.41 Å². The number of benzene rings is 2. The molecule has 1 aliphatic rings. The Balaban J connectivity index is 1.41. The highest BCUT2D eigenvalue weighted by molar-refractivity contribution is 5.83. The predicted molar refractivity (Wildman–Crippen MR) is 145 cm³/mol. The number of ether oxygens (including phenoxy) is 2. The number of amides is 1. The summed E-state index contributed by atoms with van der Waals surface area (Å²) in [4.78, 5) is 29.6. The number of carbonyl (C=O) groups excluding carboxylic acids is 1. The molecular formula is C29H30F2N6O3. The summed E-state index contributed by atoms with van der Waals surface area (Å²) in [6, 6.07) is 13.8. The lowest BCUT2D eigenvalue weighted by Crippen LogP contribution is -2.50. The third-order valence-corrected chi connectivity index (χ3v) is 6.41. The zero-order valence-corrected chi connectivity index (χ0v) is 22.4. The van der Waals surface area contributed by atoms with E-state index in [4.69, 9.17) is 14.5 Å². The molecule has 0 saturated carbocycles. The molecule has 0 atom stereocenters. The van der Waals surface area contributed by atoms with Crippen molar-refractivity contribution in [2.45, 2.75) is 39.6 Å². The van der Waals surface area contributed by atoms with Crippen molar-refractivity contribution >= 4 is 11.9 Å². The van der Waals surface area contributed by atoms with Gasteiger partial charge in [-0.25, -0.2) is 23.7 Å². The third kappa shape index (κ3) is 6.16. The van der Waals surface area contributed by atoms with E-state index in [1.54, 1.807) is 43.5 Å². The number of anilines is 1. The van der Waals surface area contributed by atoms with E-state index in [1.807, 2.05) is 13.8 Å². The molecule has 1 amide bonds. The molecule has 1 saturated heterocycles. The maximum Gasteiger partial charge on any atom is 0.230 e. The predicted octanol–water partition coefficient (Wildman–Crippen LogP) is 5.00. The molecule has 0 spiro atoms. The molecule has 2 aromatic carbocycles. The quantitative estimate of drug-likeness (QED) is 0.284. The van der Waals surface area contributed by atoms with Crippen LogP contribution in [0.5, 0.6) is 0 Å². The SMILES string of the molecule is CC(C)NC(=O)C1(C)COC(c2nc(-c3ccc(F)cc3)c(-c3ccnc(NCc4ccc(F)cc4)n3)[nH]2)OC1. The van der Waals surface area contributed by atoms with Crippen molar-refractivity contribution in [3.63, 3.8) is 0 Å². The number of nitrogens with zero attached hydrogens (tertiary/aromatic N) is 3. The highest BCUT2D eigenvalue weighted by Crippen LogP contribution is 2.35. The maximum absolute atomic E-state index is 13.7. The highest BCUT2D eigenvalue weighted by Gasteiger charge is 2.41. The van der Waals surface area contributed by atoms with Gasteiger partial charge >= 0.3 is 0 Å². The van der Waals surface area contributed by atoms with E-state index in [-0.39, 0.29) is 36.8 Å². The normalized spacial score (nSPS) is 19.0. The Kier molecular flexibility index (Phi) is 7.85. The van der Waals surface area contributed by atoms with E-state index < -0.39 is 11.7 Å². The average molecular weight is 549 g/mol. The van der Waals surface area contributed by atoms with E-state index in [0.29, 0.717) is 41.0 Å². The van der Waals surface area contributed by atoms with Gasteiger partial charge in [0.15, 0.2) is 5.82 Å². The molecule has 0 unspecified atom stereocenters. The summed E-state index contributed by atoms with van der Waals surface area (Å²) in [6.45, 7) is 6.27. The Morgan fingerprint density at radius 2 is 1.68 bits per heavy atom. The molecule has 11 heteroatoms. The van der Waals surface area contributed by atoms with Gasteiger partial charge in [0.1, 0.15) is 11.6 Å². The van der Waals surface area contributed by atoms with Gasteiger partial charge in [-0.1, -0.05) is 12.1 Å². The average Bonchev–Trinajstić information content (AvgIpc) is 3.39. The first-order chi connectivity index (χ1) is 19.2. The van der Waals surface area contributed by atoms with Gasteiger partial charge in [0.05, 0.1) is 35.7 Å². The van der Waals surface area contributed by atoms with Crippen LogP contribution in [-0.4, -0.2) is 45.1 Å². The molecule has 3 N–H and O–H groups in total. The molecule has 0 aliphatic carbocycles. The molecule has 0 radical (unpaired) electrons. The number of H-pyrrole nitrogens is 1. The Morgan fingerprint density at radius 1 is 1.02 bits per heavy atom. The van der Waals surface area contributed by atoms with E-state index in [0.717, 1.165) is 5.56 Å². The minimum atomic E-state index is -0.842. The summed E-state index contributed by atoms with van der Waals surface area (Å²) in [5.74, 6) is -0.0667. The second-order valence-corrected chi connectivity index (χ2v) is 10.2. The number of halogens is 2. The van der Waals surface area contributed by atoms with E-state index in [1.165, 1.54) is 24.3 Å². The van der Waals surface area contributed by atoms with Gasteiger partial charge in [0.25, 0.3) is 0 Å². The zero-order chi connectivity index (χ0) is 28.3. The van der Waals surface area contributed by atoms with Crippen molar-refractivity contribution in [2.75, 3.05) is 18.5 Å². The van der Waals surface area contributed by atoms with Crippen LogP contribution in [0.3, 0.4) is 0 Å². The number of hydrogen-bond acceptors (Lipinski definition) is 7. The largest absolute Gasteiger partial charge is 0.353 e. The molecule has 208 valence electrons. The highest BCUT2D eigenvalue weighted by atomic mass is 19.1. The number of carbonyl (C=O) groups is 1. The molecule has 0 bridgehead atoms. The Hall–Kier alpha value is -4.22. The van der Waals surface area contributed by atoms with Crippen LogP contribution < -0.4 is 10.6 Å². The lowest BCUT2D eigenvalue weighted by atomic mass is 9.90. The van der Waals surface area contributed by atoms with Crippen LogP contribution in [0.25, 0.3) is 22.6 Å². The molecule has 1 fully saturated rings. The van der Waals surface area contributed by atoms with Crippen molar-refractivity contribution in [1.29, 1.82) is 0 Å². The van der Waals surface area contributed by atoms with E-state index in [2.05, 4.69) is 25.6 Å². The van der Waals surface area contributed by atoms with Crippen molar-refractivity contribution in [1.82, 2.24) is 25.3 Å². The minimum Gasteiger partial charge on any atom is -0.353 e. The van der Waals surface area contributed by atoms with Gasteiger partial charge < -0.3 is 25.1 Å². The van der Waals surface area contributed by atoms with E-state index in [9.17, 15) is 13.6 Å². The lowest BCUT2D eigenvalue weighted by molar-refractivity contribution is -0.231. The summed E-state index contributed by atoms with van der Waals surface area (Å²) in [7, 11) is 0. The first-order valence-electron chi connectivity index (χ1n) is 12.9. The maximum atomic E-state index is 13.7. The molecule has 4 aromatic rings. The van der Waals surface area contributed by atoms with Crippen molar-refractivity contribution in [3.05, 3.63) is 83.8 Å². The first kappa shape index (κ1) is 27.4. The second kappa shape index (κ2) is 11.5. The van der Waals surface area contributed by atoms with Crippen LogP contribution in [0.2, 0.25) is 0 Å². The molecule has 5 rings (SSSR count). The zero-order valence-electron chi connectivity index (χ0n) is 22.4. The van der Waals surface area contributed by atoms with Crippen molar-refractivity contribution in [3.8, 4) is 22.6 Å². The Morgan fingerprint density at radius 3 is 2.33 bits per heavy atom. The van der Waals surface area contributed by atoms with Crippen molar-refractivity contribution < 1.29 is 23.0 Å². The summed E-state index contributed by atoms with van der Waals surface area (Å²) in [5, 5.41) is 6.05. The molecule has 40 heavy (non-hydrogen) atoms. The number of nitrogens with one attached hydrogen (secondary N) is 3. The standard InChI is InChI=1S/C29H30F2N6O3/c1-17(2)34-27(38)29(3)15-39-26(40-16-29)25-36-23(19-6-10-21(31)11-7-19)24(37-25)22-12-13-32-28(35-22)33-14-18-4-8-20(30)9-5-18/h4-13,17,26H,14-16H2,1-3H3,(H,34,38)(H,36,37)(H,32,33,35). The van der Waals surface area contributed by atoms with Crippen LogP contribution in [0, 0.1) is 17.0 Å². The molecule has 1 aliphatic heterocycles. The third-order valence-electron chi connectivity index (χ3n) is 6.41. The van der Waals surface area contributed by atoms with Gasteiger partial charge in [0, 0.05) is 24.3 Å². The molecule has 9 nitrogen and oxygen atoms in total. The summed E-state index contributed by atoms with van der Waals surface area (Å²) >= 11 is 0. The number of hydrogen-bond donors (Lipinski definition) is 3. The van der Waals surface area contributed by atoms with E-state index >= 15 is 0 Å². The van der Waals surface area contributed by atoms with Gasteiger partial charge in [0.2, 0.25) is 18.1 Å². The smallest absolute Gasteiger partial charge is 0.230 e. The second-order valence-electron chi connectivity index (χ2n) is 10.2.